The average Bonchev–Trinajstić information content (AvgIpc) is 3.12. The van der Waals surface area contributed by atoms with Gasteiger partial charge in [0.15, 0.2) is 11.6 Å². The third kappa shape index (κ3) is 3.25. The highest BCUT2D eigenvalue weighted by atomic mass is 19.1. The minimum absolute atomic E-state index is 0.127. The lowest BCUT2D eigenvalue weighted by molar-refractivity contribution is 0.102. The van der Waals surface area contributed by atoms with Crippen LogP contribution in [0.25, 0.3) is 0 Å². The van der Waals surface area contributed by atoms with Gasteiger partial charge in [0, 0.05) is 25.1 Å². The predicted molar refractivity (Wildman–Crippen MR) is 88.6 cm³/mol. The summed E-state index contributed by atoms with van der Waals surface area (Å²) in [7, 11) is 0. The highest BCUT2D eigenvalue weighted by molar-refractivity contribution is 6.04. The molecule has 2 aromatic rings. The Labute approximate surface area is 143 Å². The topological polar surface area (TPSA) is 76.6 Å². The lowest BCUT2D eigenvalue weighted by atomic mass is 10.1. The van der Waals surface area contributed by atoms with E-state index in [0.29, 0.717) is 44.4 Å². The SMILES string of the molecule is O=C(Nc1nc(N2CCOCC2)ncc1F)c1ccc2c(c1)CCO2. The third-order valence-corrected chi connectivity index (χ3v) is 4.21. The number of hydrogen-bond donors (Lipinski definition) is 1. The van der Waals surface area contributed by atoms with Crippen molar-refractivity contribution in [2.75, 3.05) is 43.1 Å². The molecule has 4 rings (SSSR count). The van der Waals surface area contributed by atoms with Crippen molar-refractivity contribution in [3.63, 3.8) is 0 Å². The maximum absolute atomic E-state index is 14.0. The number of ether oxygens (including phenoxy) is 2. The summed E-state index contributed by atoms with van der Waals surface area (Å²) in [5.41, 5.74) is 1.42. The smallest absolute Gasteiger partial charge is 0.256 e. The van der Waals surface area contributed by atoms with Crippen LogP contribution >= 0.6 is 0 Å². The second kappa shape index (κ2) is 6.64. The van der Waals surface area contributed by atoms with E-state index in [9.17, 15) is 9.18 Å². The average molecular weight is 344 g/mol. The van der Waals surface area contributed by atoms with Crippen LogP contribution in [0.2, 0.25) is 0 Å². The molecule has 2 aliphatic heterocycles. The van der Waals surface area contributed by atoms with Crippen molar-refractivity contribution in [3.8, 4) is 5.75 Å². The third-order valence-electron chi connectivity index (χ3n) is 4.21. The van der Waals surface area contributed by atoms with Crippen molar-refractivity contribution in [1.82, 2.24) is 9.97 Å². The molecule has 0 aliphatic carbocycles. The molecule has 1 N–H and O–H groups in total. The maximum atomic E-state index is 14.0. The van der Waals surface area contributed by atoms with Crippen molar-refractivity contribution in [3.05, 3.63) is 41.3 Å². The molecule has 25 heavy (non-hydrogen) atoms. The van der Waals surface area contributed by atoms with E-state index in [-0.39, 0.29) is 5.82 Å². The number of aromatic nitrogens is 2. The van der Waals surface area contributed by atoms with E-state index in [1.807, 2.05) is 4.90 Å². The first-order chi connectivity index (χ1) is 12.2. The molecule has 1 aromatic carbocycles. The number of morpholine rings is 1. The van der Waals surface area contributed by atoms with Gasteiger partial charge in [0.1, 0.15) is 5.75 Å². The molecule has 8 heteroatoms. The summed E-state index contributed by atoms with van der Waals surface area (Å²) in [5, 5.41) is 2.53. The predicted octanol–water partition coefficient (Wildman–Crippen LogP) is 1.64. The van der Waals surface area contributed by atoms with E-state index >= 15 is 0 Å². The van der Waals surface area contributed by atoms with Gasteiger partial charge < -0.3 is 19.7 Å². The second-order valence-corrected chi connectivity index (χ2v) is 5.84. The number of halogens is 1. The Hall–Kier alpha value is -2.74. The number of nitrogens with zero attached hydrogens (tertiary/aromatic N) is 3. The molecule has 2 aliphatic rings. The summed E-state index contributed by atoms with van der Waals surface area (Å²) in [6.07, 6.45) is 1.84. The molecule has 3 heterocycles. The zero-order valence-corrected chi connectivity index (χ0v) is 13.5. The van der Waals surface area contributed by atoms with Crippen molar-refractivity contribution < 1.29 is 18.7 Å². The van der Waals surface area contributed by atoms with Crippen LogP contribution in [0, 0.1) is 5.82 Å². The largest absolute Gasteiger partial charge is 0.493 e. The Bertz CT molecular complexity index is 808. The minimum Gasteiger partial charge on any atom is -0.493 e. The molecule has 0 saturated carbocycles. The van der Waals surface area contributed by atoms with Crippen LogP contribution in [-0.2, 0) is 11.2 Å². The van der Waals surface area contributed by atoms with Crippen LogP contribution in [-0.4, -0.2) is 48.8 Å². The van der Waals surface area contributed by atoms with Crippen molar-refractivity contribution >= 4 is 17.7 Å². The summed E-state index contributed by atoms with van der Waals surface area (Å²) in [6, 6.07) is 5.17. The molecule has 1 aromatic heterocycles. The van der Waals surface area contributed by atoms with Gasteiger partial charge in [0.2, 0.25) is 5.95 Å². The Morgan fingerprint density at radius 3 is 2.92 bits per heavy atom. The number of fused-ring (bicyclic) bond motifs is 1. The number of carbonyl (C=O) groups excluding carboxylic acids is 1. The first kappa shape index (κ1) is 15.8. The van der Waals surface area contributed by atoms with E-state index in [0.717, 1.165) is 23.9 Å². The van der Waals surface area contributed by atoms with Gasteiger partial charge >= 0.3 is 0 Å². The Balaban J connectivity index is 1.54. The van der Waals surface area contributed by atoms with Gasteiger partial charge in [-0.25, -0.2) is 9.37 Å². The number of hydrogen-bond acceptors (Lipinski definition) is 6. The van der Waals surface area contributed by atoms with E-state index in [1.165, 1.54) is 0 Å². The fourth-order valence-corrected chi connectivity index (χ4v) is 2.87. The lowest BCUT2D eigenvalue weighted by Gasteiger charge is -2.26. The summed E-state index contributed by atoms with van der Waals surface area (Å²) in [4.78, 5) is 22.5. The van der Waals surface area contributed by atoms with Crippen molar-refractivity contribution in [2.45, 2.75) is 6.42 Å². The van der Waals surface area contributed by atoms with Crippen LogP contribution in [0.1, 0.15) is 15.9 Å². The van der Waals surface area contributed by atoms with E-state index in [2.05, 4.69) is 15.3 Å². The summed E-state index contributed by atoms with van der Waals surface area (Å²) >= 11 is 0. The fraction of sp³-hybridized carbons (Fsp3) is 0.353. The molecule has 130 valence electrons. The quantitative estimate of drug-likeness (QED) is 0.912. The molecule has 0 bridgehead atoms. The summed E-state index contributed by atoms with van der Waals surface area (Å²) in [5.74, 6) is -0.0463. The molecule has 7 nitrogen and oxygen atoms in total. The molecule has 0 atom stereocenters. The van der Waals surface area contributed by atoms with Crippen molar-refractivity contribution in [2.24, 2.45) is 0 Å². The van der Waals surface area contributed by atoms with Gasteiger partial charge in [0.25, 0.3) is 5.91 Å². The molecule has 1 saturated heterocycles. The summed E-state index contributed by atoms with van der Waals surface area (Å²) < 4.78 is 24.7. The Morgan fingerprint density at radius 2 is 2.08 bits per heavy atom. The molecular weight excluding hydrogens is 327 g/mol. The van der Waals surface area contributed by atoms with Crippen molar-refractivity contribution in [1.29, 1.82) is 0 Å². The van der Waals surface area contributed by atoms with Crippen LogP contribution in [0.15, 0.2) is 24.4 Å². The van der Waals surface area contributed by atoms with Gasteiger partial charge in [-0.2, -0.15) is 4.98 Å². The van der Waals surface area contributed by atoms with Gasteiger partial charge in [-0.05, 0) is 23.8 Å². The maximum Gasteiger partial charge on any atom is 0.256 e. The first-order valence-electron chi connectivity index (χ1n) is 8.13. The summed E-state index contributed by atoms with van der Waals surface area (Å²) in [6.45, 7) is 3.01. The van der Waals surface area contributed by atoms with Gasteiger partial charge in [-0.1, -0.05) is 0 Å². The molecule has 0 spiro atoms. The molecular formula is C17H17FN4O3. The highest BCUT2D eigenvalue weighted by Crippen LogP contribution is 2.26. The number of rotatable bonds is 3. The number of carbonyl (C=O) groups is 1. The van der Waals surface area contributed by atoms with E-state index in [1.54, 1.807) is 18.2 Å². The zero-order valence-electron chi connectivity index (χ0n) is 13.5. The van der Waals surface area contributed by atoms with Crippen LogP contribution < -0.4 is 15.0 Å². The minimum atomic E-state index is -0.671. The standard InChI is InChI=1S/C17H17FN4O3/c18-13-10-19-17(22-4-7-24-8-5-22)21-15(13)20-16(23)12-1-2-14-11(9-12)3-6-25-14/h1-2,9-10H,3-8H2,(H,19,20,21,23). The first-order valence-corrected chi connectivity index (χ1v) is 8.13. The molecule has 0 radical (unpaired) electrons. The van der Waals surface area contributed by atoms with Gasteiger partial charge in [-0.15, -0.1) is 0 Å². The van der Waals surface area contributed by atoms with Crippen LogP contribution in [0.5, 0.6) is 5.75 Å². The molecule has 0 unspecified atom stereocenters. The Kier molecular flexibility index (Phi) is 4.19. The van der Waals surface area contributed by atoms with Crippen LogP contribution in [0.3, 0.4) is 0 Å². The monoisotopic (exact) mass is 344 g/mol. The molecule has 1 amide bonds. The number of benzene rings is 1. The normalized spacial score (nSPS) is 16.3. The Morgan fingerprint density at radius 1 is 1.24 bits per heavy atom. The fourth-order valence-electron chi connectivity index (χ4n) is 2.87. The number of nitrogens with one attached hydrogen (secondary N) is 1. The van der Waals surface area contributed by atoms with E-state index < -0.39 is 11.7 Å². The zero-order chi connectivity index (χ0) is 17.2. The number of amides is 1. The molecule has 1 fully saturated rings. The number of anilines is 2. The van der Waals surface area contributed by atoms with Gasteiger partial charge in [0.05, 0.1) is 26.0 Å². The van der Waals surface area contributed by atoms with Gasteiger partial charge in [-0.3, -0.25) is 4.79 Å². The highest BCUT2D eigenvalue weighted by Gasteiger charge is 2.19. The van der Waals surface area contributed by atoms with E-state index in [4.69, 9.17) is 9.47 Å². The van der Waals surface area contributed by atoms with Crippen LogP contribution in [0.4, 0.5) is 16.2 Å². The lowest BCUT2D eigenvalue weighted by Crippen LogP contribution is -2.37. The second-order valence-electron chi connectivity index (χ2n) is 5.84.